The van der Waals surface area contributed by atoms with Crippen LogP contribution in [-0.4, -0.2) is 17.9 Å². The zero-order valence-electron chi connectivity index (χ0n) is 14.7. The van der Waals surface area contributed by atoms with Crippen molar-refractivity contribution < 1.29 is 14.0 Å². The molecule has 0 spiro atoms. The molecule has 0 aliphatic carbocycles. The standard InChI is InChI=1S/C20H23FN2O2/c1-20(2,3)15-9-7-13(8-10-15)11-17(18(22)24)23-19(25)14-5-4-6-16(21)12-14/h4-10,12,17H,11H2,1-3H3,(H2,22,24)(H,23,25)/t17-/m0/s1. The molecule has 2 aromatic rings. The first-order chi connectivity index (χ1) is 11.7. The lowest BCUT2D eigenvalue weighted by atomic mass is 9.86. The Morgan fingerprint density at radius 3 is 2.28 bits per heavy atom. The van der Waals surface area contributed by atoms with Gasteiger partial charge < -0.3 is 11.1 Å². The summed E-state index contributed by atoms with van der Waals surface area (Å²) in [5.41, 5.74) is 7.66. The van der Waals surface area contributed by atoms with E-state index in [9.17, 15) is 14.0 Å². The summed E-state index contributed by atoms with van der Waals surface area (Å²) in [5, 5.41) is 2.57. The maximum absolute atomic E-state index is 13.2. The summed E-state index contributed by atoms with van der Waals surface area (Å²) in [6.07, 6.45) is 0.279. The molecule has 0 aliphatic rings. The van der Waals surface area contributed by atoms with E-state index in [0.29, 0.717) is 0 Å². The Morgan fingerprint density at radius 2 is 1.76 bits per heavy atom. The number of nitrogens with two attached hydrogens (primary N) is 1. The number of carbonyl (C=O) groups is 2. The lowest BCUT2D eigenvalue weighted by molar-refractivity contribution is -0.119. The van der Waals surface area contributed by atoms with Crippen LogP contribution in [0.4, 0.5) is 4.39 Å². The Hall–Kier alpha value is -2.69. The fourth-order valence-electron chi connectivity index (χ4n) is 2.47. The number of halogens is 1. The van der Waals surface area contributed by atoms with Crippen LogP contribution in [-0.2, 0) is 16.6 Å². The van der Waals surface area contributed by atoms with Gasteiger partial charge in [-0.3, -0.25) is 9.59 Å². The van der Waals surface area contributed by atoms with Crippen LogP contribution in [0.15, 0.2) is 48.5 Å². The van der Waals surface area contributed by atoms with Gasteiger partial charge in [0.1, 0.15) is 11.9 Å². The fraction of sp³-hybridized carbons (Fsp3) is 0.300. The van der Waals surface area contributed by atoms with Gasteiger partial charge >= 0.3 is 0 Å². The quantitative estimate of drug-likeness (QED) is 0.877. The minimum atomic E-state index is -0.865. The maximum atomic E-state index is 13.2. The molecule has 2 aromatic carbocycles. The molecule has 132 valence electrons. The van der Waals surface area contributed by atoms with Gasteiger partial charge in [-0.1, -0.05) is 51.1 Å². The van der Waals surface area contributed by atoms with E-state index in [1.165, 1.54) is 23.8 Å². The second-order valence-electron chi connectivity index (χ2n) is 7.09. The van der Waals surface area contributed by atoms with E-state index in [0.717, 1.165) is 11.6 Å². The Labute approximate surface area is 147 Å². The number of primary amides is 1. The minimum Gasteiger partial charge on any atom is -0.368 e. The van der Waals surface area contributed by atoms with Gasteiger partial charge in [0, 0.05) is 12.0 Å². The number of carbonyl (C=O) groups excluding carboxylic acids is 2. The molecule has 0 radical (unpaired) electrons. The third kappa shape index (κ3) is 5.14. The molecule has 5 heteroatoms. The van der Waals surface area contributed by atoms with Crippen molar-refractivity contribution >= 4 is 11.8 Å². The topological polar surface area (TPSA) is 72.2 Å². The highest BCUT2D eigenvalue weighted by atomic mass is 19.1. The molecule has 0 aromatic heterocycles. The zero-order chi connectivity index (χ0) is 18.6. The zero-order valence-corrected chi connectivity index (χ0v) is 14.7. The van der Waals surface area contributed by atoms with E-state index in [2.05, 4.69) is 26.1 Å². The number of hydrogen-bond donors (Lipinski definition) is 2. The van der Waals surface area contributed by atoms with Crippen LogP contribution in [0.25, 0.3) is 0 Å². The molecular formula is C20H23FN2O2. The van der Waals surface area contributed by atoms with Crippen LogP contribution in [0.5, 0.6) is 0 Å². The molecule has 0 unspecified atom stereocenters. The van der Waals surface area contributed by atoms with Crippen molar-refractivity contribution in [1.29, 1.82) is 0 Å². The molecule has 2 amide bonds. The molecule has 25 heavy (non-hydrogen) atoms. The molecule has 3 N–H and O–H groups in total. The Kier molecular flexibility index (Phi) is 5.57. The molecule has 0 saturated carbocycles. The van der Waals surface area contributed by atoms with Crippen molar-refractivity contribution in [2.75, 3.05) is 0 Å². The third-order valence-electron chi connectivity index (χ3n) is 4.00. The van der Waals surface area contributed by atoms with E-state index in [4.69, 9.17) is 5.73 Å². The minimum absolute atomic E-state index is 0.0349. The van der Waals surface area contributed by atoms with Crippen molar-refractivity contribution in [3.8, 4) is 0 Å². The predicted molar refractivity (Wildman–Crippen MR) is 95.7 cm³/mol. The second-order valence-corrected chi connectivity index (χ2v) is 7.09. The largest absolute Gasteiger partial charge is 0.368 e. The maximum Gasteiger partial charge on any atom is 0.252 e. The second kappa shape index (κ2) is 7.47. The summed E-state index contributed by atoms with van der Waals surface area (Å²) in [4.78, 5) is 23.9. The van der Waals surface area contributed by atoms with Gasteiger partial charge in [-0.15, -0.1) is 0 Å². The molecule has 0 aliphatic heterocycles. The van der Waals surface area contributed by atoms with Gasteiger partial charge in [-0.2, -0.15) is 0 Å². The summed E-state index contributed by atoms with van der Waals surface area (Å²) >= 11 is 0. The monoisotopic (exact) mass is 342 g/mol. The number of rotatable bonds is 5. The lowest BCUT2D eigenvalue weighted by Crippen LogP contribution is -2.45. The van der Waals surface area contributed by atoms with E-state index in [1.807, 2.05) is 24.3 Å². The summed E-state index contributed by atoms with van der Waals surface area (Å²) in [7, 11) is 0. The Balaban J connectivity index is 2.11. The molecule has 1 atom stereocenters. The van der Waals surface area contributed by atoms with Crippen LogP contribution in [0.3, 0.4) is 0 Å². The first kappa shape index (κ1) is 18.6. The molecule has 2 rings (SSSR count). The van der Waals surface area contributed by atoms with Crippen molar-refractivity contribution in [2.45, 2.75) is 38.6 Å². The normalized spacial score (nSPS) is 12.5. The van der Waals surface area contributed by atoms with Crippen LogP contribution in [0.1, 0.15) is 42.3 Å². The smallest absolute Gasteiger partial charge is 0.252 e. The molecule has 0 fully saturated rings. The van der Waals surface area contributed by atoms with Crippen molar-refractivity contribution in [2.24, 2.45) is 5.73 Å². The van der Waals surface area contributed by atoms with E-state index in [1.54, 1.807) is 0 Å². The van der Waals surface area contributed by atoms with Crippen molar-refractivity contribution in [3.63, 3.8) is 0 Å². The molecule has 0 saturated heterocycles. The van der Waals surface area contributed by atoms with Gasteiger partial charge in [0.05, 0.1) is 0 Å². The van der Waals surface area contributed by atoms with Crippen LogP contribution >= 0.6 is 0 Å². The SMILES string of the molecule is CC(C)(C)c1ccc(C[C@H](NC(=O)c2cccc(F)c2)C(N)=O)cc1. The molecule has 0 heterocycles. The first-order valence-electron chi connectivity index (χ1n) is 8.12. The van der Waals surface area contributed by atoms with Crippen LogP contribution in [0.2, 0.25) is 0 Å². The third-order valence-corrected chi connectivity index (χ3v) is 4.00. The molecular weight excluding hydrogens is 319 g/mol. The Morgan fingerprint density at radius 1 is 1.12 bits per heavy atom. The van der Waals surface area contributed by atoms with Gasteiger partial charge in [0.2, 0.25) is 5.91 Å². The number of benzene rings is 2. The highest BCUT2D eigenvalue weighted by Crippen LogP contribution is 2.22. The lowest BCUT2D eigenvalue weighted by Gasteiger charge is -2.20. The van der Waals surface area contributed by atoms with E-state index in [-0.39, 0.29) is 17.4 Å². The highest BCUT2D eigenvalue weighted by molar-refractivity contribution is 5.97. The summed E-state index contributed by atoms with van der Waals surface area (Å²) in [5.74, 6) is -1.68. The van der Waals surface area contributed by atoms with E-state index < -0.39 is 23.7 Å². The molecule has 4 nitrogen and oxygen atoms in total. The van der Waals surface area contributed by atoms with Gasteiger partial charge in [0.25, 0.3) is 5.91 Å². The van der Waals surface area contributed by atoms with Crippen LogP contribution in [0, 0.1) is 5.82 Å². The van der Waals surface area contributed by atoms with Gasteiger partial charge in [-0.05, 0) is 34.7 Å². The fourth-order valence-corrected chi connectivity index (χ4v) is 2.47. The number of amides is 2. The number of nitrogens with one attached hydrogen (secondary N) is 1. The average Bonchev–Trinajstić information content (AvgIpc) is 2.53. The van der Waals surface area contributed by atoms with Gasteiger partial charge in [0.15, 0.2) is 0 Å². The number of hydrogen-bond acceptors (Lipinski definition) is 2. The highest BCUT2D eigenvalue weighted by Gasteiger charge is 2.20. The first-order valence-corrected chi connectivity index (χ1v) is 8.12. The summed E-state index contributed by atoms with van der Waals surface area (Å²) in [6.45, 7) is 6.36. The Bertz CT molecular complexity index is 764. The van der Waals surface area contributed by atoms with Crippen molar-refractivity contribution in [3.05, 3.63) is 71.0 Å². The van der Waals surface area contributed by atoms with E-state index >= 15 is 0 Å². The van der Waals surface area contributed by atoms with Crippen molar-refractivity contribution in [1.82, 2.24) is 5.32 Å². The predicted octanol–water partition coefficient (Wildman–Crippen LogP) is 2.95. The molecule has 0 bridgehead atoms. The summed E-state index contributed by atoms with van der Waals surface area (Å²) < 4.78 is 13.2. The van der Waals surface area contributed by atoms with Crippen LogP contribution < -0.4 is 11.1 Å². The van der Waals surface area contributed by atoms with Gasteiger partial charge in [-0.25, -0.2) is 4.39 Å². The summed E-state index contributed by atoms with van der Waals surface area (Å²) in [6, 6.07) is 12.3. The average molecular weight is 342 g/mol.